The van der Waals surface area contributed by atoms with Gasteiger partial charge in [-0.2, -0.15) is 0 Å². The van der Waals surface area contributed by atoms with Crippen LogP contribution in [0.4, 0.5) is 0 Å². The maximum Gasteiger partial charge on any atom is 0.326 e. The van der Waals surface area contributed by atoms with Gasteiger partial charge in [0.2, 0.25) is 17.7 Å². The molecule has 2 rings (SSSR count). The Hall–Kier alpha value is -2.99. The van der Waals surface area contributed by atoms with Crippen LogP contribution in [0.5, 0.6) is 0 Å². The summed E-state index contributed by atoms with van der Waals surface area (Å²) in [5.74, 6) is -3.43. The third-order valence-corrected chi connectivity index (χ3v) is 5.03. The molecule has 1 aliphatic heterocycles. The Bertz CT molecular complexity index is 762. The fraction of sp³-hybridized carbons (Fsp3) is 0.632. The van der Waals surface area contributed by atoms with Crippen molar-refractivity contribution in [2.75, 3.05) is 13.2 Å². The van der Waals surface area contributed by atoms with Crippen molar-refractivity contribution in [1.82, 2.24) is 31.2 Å². The number of carboxylic acids is 1. The zero-order valence-electron chi connectivity index (χ0n) is 17.6. The van der Waals surface area contributed by atoms with Gasteiger partial charge in [0, 0.05) is 18.3 Å². The van der Waals surface area contributed by atoms with E-state index in [0.717, 1.165) is 6.42 Å². The molecule has 0 aliphatic carbocycles. The number of imidazole rings is 1. The van der Waals surface area contributed by atoms with E-state index in [2.05, 4.69) is 31.2 Å². The van der Waals surface area contributed by atoms with Gasteiger partial charge in [0.1, 0.15) is 18.1 Å². The van der Waals surface area contributed by atoms with E-state index in [4.69, 9.17) is 0 Å². The lowest BCUT2D eigenvalue weighted by atomic mass is 10.0. The monoisotopic (exact) mass is 438 g/mol. The number of rotatable bonds is 11. The molecule has 1 fully saturated rings. The molecule has 0 bridgehead atoms. The van der Waals surface area contributed by atoms with Crippen molar-refractivity contribution in [3.8, 4) is 0 Å². The summed E-state index contributed by atoms with van der Waals surface area (Å²) in [6.45, 7) is 3.43. The van der Waals surface area contributed by atoms with Crippen LogP contribution in [-0.4, -0.2) is 81.2 Å². The van der Waals surface area contributed by atoms with Crippen LogP contribution in [0.3, 0.4) is 0 Å². The van der Waals surface area contributed by atoms with E-state index in [-0.39, 0.29) is 12.3 Å². The summed E-state index contributed by atoms with van der Waals surface area (Å²) in [5.41, 5.74) is 0.529. The zero-order valence-corrected chi connectivity index (χ0v) is 17.6. The lowest BCUT2D eigenvalue weighted by molar-refractivity contribution is -0.142. The number of H-pyrrole nitrogens is 1. The normalized spacial score (nSPS) is 18.8. The summed E-state index contributed by atoms with van der Waals surface area (Å²) in [6.07, 6.45) is 4.32. The standard InChI is InChI=1S/C19H30N6O6/c1-10(2)15(18(29)23-13(19(30)31)6-11-7-20-9-22-11)25-17(28)14(8-26)24-16(27)12-4-3-5-21-12/h7,9-10,12-15,21,26H,3-6,8H2,1-2H3,(H,20,22)(H,23,29)(H,24,27)(H,25,28)(H,30,31). The predicted molar refractivity (Wildman–Crippen MR) is 109 cm³/mol. The van der Waals surface area contributed by atoms with Gasteiger partial charge in [-0.05, 0) is 25.3 Å². The van der Waals surface area contributed by atoms with Crippen LogP contribution in [0.15, 0.2) is 12.5 Å². The first-order valence-corrected chi connectivity index (χ1v) is 10.2. The molecule has 0 spiro atoms. The number of hydrogen-bond acceptors (Lipinski definition) is 7. The number of amides is 3. The number of carbonyl (C=O) groups is 4. The Morgan fingerprint density at radius 3 is 2.42 bits per heavy atom. The highest BCUT2D eigenvalue weighted by atomic mass is 16.4. The van der Waals surface area contributed by atoms with Gasteiger partial charge in [-0.25, -0.2) is 9.78 Å². The molecule has 12 heteroatoms. The van der Waals surface area contributed by atoms with E-state index in [1.807, 2.05) is 0 Å². The van der Waals surface area contributed by atoms with Crippen molar-refractivity contribution in [3.63, 3.8) is 0 Å². The lowest BCUT2D eigenvalue weighted by Crippen LogP contribution is -2.59. The Balaban J connectivity index is 2.00. The number of hydrogen-bond donors (Lipinski definition) is 7. The van der Waals surface area contributed by atoms with Crippen molar-refractivity contribution in [2.45, 2.75) is 57.3 Å². The number of aliphatic hydroxyl groups is 1. The third-order valence-electron chi connectivity index (χ3n) is 5.03. The minimum atomic E-state index is -1.23. The summed E-state index contributed by atoms with van der Waals surface area (Å²) in [7, 11) is 0. The fourth-order valence-corrected chi connectivity index (χ4v) is 3.24. The van der Waals surface area contributed by atoms with Crippen molar-refractivity contribution in [1.29, 1.82) is 0 Å². The number of aliphatic carboxylic acids is 1. The molecule has 4 atom stereocenters. The molecular formula is C19H30N6O6. The van der Waals surface area contributed by atoms with E-state index < -0.39 is 54.5 Å². The van der Waals surface area contributed by atoms with Crippen LogP contribution in [0.2, 0.25) is 0 Å². The van der Waals surface area contributed by atoms with E-state index in [1.54, 1.807) is 13.8 Å². The first-order valence-electron chi connectivity index (χ1n) is 10.2. The Morgan fingerprint density at radius 2 is 1.90 bits per heavy atom. The van der Waals surface area contributed by atoms with Crippen LogP contribution in [-0.2, 0) is 25.6 Å². The highest BCUT2D eigenvalue weighted by Crippen LogP contribution is 2.07. The van der Waals surface area contributed by atoms with E-state index in [0.29, 0.717) is 18.7 Å². The minimum absolute atomic E-state index is 0.0104. The number of aromatic amines is 1. The molecule has 1 aromatic rings. The second kappa shape index (κ2) is 11.4. The Morgan fingerprint density at radius 1 is 1.16 bits per heavy atom. The van der Waals surface area contributed by atoms with Crippen LogP contribution < -0.4 is 21.3 Å². The van der Waals surface area contributed by atoms with Gasteiger partial charge in [0.05, 0.1) is 19.0 Å². The van der Waals surface area contributed by atoms with Gasteiger partial charge in [-0.3, -0.25) is 14.4 Å². The van der Waals surface area contributed by atoms with E-state index in [9.17, 15) is 29.4 Å². The van der Waals surface area contributed by atoms with Crippen molar-refractivity contribution in [3.05, 3.63) is 18.2 Å². The van der Waals surface area contributed by atoms with Crippen molar-refractivity contribution >= 4 is 23.7 Å². The molecule has 31 heavy (non-hydrogen) atoms. The Labute approximate surface area is 179 Å². The smallest absolute Gasteiger partial charge is 0.326 e. The van der Waals surface area contributed by atoms with Crippen LogP contribution >= 0.6 is 0 Å². The molecule has 7 N–H and O–H groups in total. The highest BCUT2D eigenvalue weighted by molar-refractivity contribution is 5.94. The minimum Gasteiger partial charge on any atom is -0.480 e. The summed E-state index contributed by atoms with van der Waals surface area (Å²) < 4.78 is 0. The molecule has 3 amide bonds. The molecule has 1 aliphatic rings. The van der Waals surface area contributed by atoms with Gasteiger partial charge in [0.25, 0.3) is 0 Å². The topological polar surface area (TPSA) is 186 Å². The van der Waals surface area contributed by atoms with Gasteiger partial charge >= 0.3 is 5.97 Å². The molecule has 4 unspecified atom stereocenters. The van der Waals surface area contributed by atoms with Gasteiger partial charge < -0.3 is 36.5 Å². The summed E-state index contributed by atoms with van der Waals surface area (Å²) in [4.78, 5) is 55.7. The number of carboxylic acid groups (broad SMARTS) is 1. The number of aromatic nitrogens is 2. The van der Waals surface area contributed by atoms with Gasteiger partial charge in [0.15, 0.2) is 0 Å². The number of aliphatic hydroxyl groups excluding tert-OH is 1. The summed E-state index contributed by atoms with van der Waals surface area (Å²) in [6, 6.07) is -3.95. The van der Waals surface area contributed by atoms with E-state index in [1.165, 1.54) is 12.5 Å². The van der Waals surface area contributed by atoms with E-state index >= 15 is 0 Å². The van der Waals surface area contributed by atoms with Crippen LogP contribution in [0.25, 0.3) is 0 Å². The predicted octanol–water partition coefficient (Wildman–Crippen LogP) is -2.11. The summed E-state index contributed by atoms with van der Waals surface area (Å²) in [5, 5.41) is 29.4. The SMILES string of the molecule is CC(C)C(NC(=O)C(CO)NC(=O)C1CCCN1)C(=O)NC(Cc1cnc[nH]1)C(=O)O. The lowest BCUT2D eigenvalue weighted by Gasteiger charge is -2.26. The first kappa shape index (κ1) is 24.3. The fourth-order valence-electron chi connectivity index (χ4n) is 3.24. The highest BCUT2D eigenvalue weighted by Gasteiger charge is 2.32. The third kappa shape index (κ3) is 7.03. The molecule has 0 aromatic carbocycles. The molecule has 172 valence electrons. The molecule has 1 aromatic heterocycles. The maximum absolute atomic E-state index is 12.7. The number of carbonyl (C=O) groups excluding carboxylic acids is 3. The van der Waals surface area contributed by atoms with Crippen molar-refractivity contribution in [2.24, 2.45) is 5.92 Å². The van der Waals surface area contributed by atoms with Gasteiger partial charge in [-0.1, -0.05) is 13.8 Å². The number of nitrogens with zero attached hydrogens (tertiary/aromatic N) is 1. The average molecular weight is 438 g/mol. The molecule has 0 radical (unpaired) electrons. The van der Waals surface area contributed by atoms with Crippen LogP contribution in [0, 0.1) is 5.92 Å². The average Bonchev–Trinajstić information content (AvgIpc) is 3.42. The molecule has 1 saturated heterocycles. The second-order valence-electron chi connectivity index (χ2n) is 7.80. The maximum atomic E-state index is 12.7. The quantitative estimate of drug-likeness (QED) is 0.205. The molecule has 12 nitrogen and oxygen atoms in total. The first-order chi connectivity index (χ1) is 14.7. The number of nitrogens with one attached hydrogen (secondary N) is 5. The van der Waals surface area contributed by atoms with Gasteiger partial charge in [-0.15, -0.1) is 0 Å². The zero-order chi connectivity index (χ0) is 23.0. The van der Waals surface area contributed by atoms with Crippen LogP contribution in [0.1, 0.15) is 32.4 Å². The second-order valence-corrected chi connectivity index (χ2v) is 7.80. The summed E-state index contributed by atoms with van der Waals surface area (Å²) >= 11 is 0. The Kier molecular flexibility index (Phi) is 8.94. The molecular weight excluding hydrogens is 408 g/mol. The molecule has 0 saturated carbocycles. The van der Waals surface area contributed by atoms with Crippen molar-refractivity contribution < 1.29 is 29.4 Å². The molecule has 2 heterocycles. The largest absolute Gasteiger partial charge is 0.480 e.